The van der Waals surface area contributed by atoms with E-state index in [2.05, 4.69) is 5.32 Å². The normalized spacial score (nSPS) is 15.8. The van der Waals surface area contributed by atoms with Gasteiger partial charge in [-0.25, -0.2) is 0 Å². The smallest absolute Gasteiger partial charge is 0.123 e. The maximum atomic E-state index is 11.4. The number of benzene rings is 1. The molecule has 0 radical (unpaired) electrons. The van der Waals surface area contributed by atoms with Gasteiger partial charge >= 0.3 is 0 Å². The lowest BCUT2D eigenvalue weighted by Crippen LogP contribution is -2.27. The second kappa shape index (κ2) is 6.83. The summed E-state index contributed by atoms with van der Waals surface area (Å²) in [4.78, 5) is 0.811. The SMILES string of the molecule is CC(NC(CO)c1ccco1)c1ccc(S(C)=O)cc1. The summed E-state index contributed by atoms with van der Waals surface area (Å²) in [6, 6.07) is 11.1. The second-order valence-electron chi connectivity index (χ2n) is 4.66. The lowest BCUT2D eigenvalue weighted by molar-refractivity contribution is 0.217. The third-order valence-electron chi connectivity index (χ3n) is 3.23. The molecule has 0 bridgehead atoms. The molecule has 20 heavy (non-hydrogen) atoms. The zero-order chi connectivity index (χ0) is 14.5. The van der Waals surface area contributed by atoms with Gasteiger partial charge in [0.05, 0.1) is 18.9 Å². The summed E-state index contributed by atoms with van der Waals surface area (Å²) >= 11 is 0. The molecule has 0 aliphatic rings. The summed E-state index contributed by atoms with van der Waals surface area (Å²) in [5, 5.41) is 12.8. The molecule has 2 rings (SSSR count). The predicted octanol–water partition coefficient (Wildman–Crippen LogP) is 2.40. The highest BCUT2D eigenvalue weighted by atomic mass is 32.2. The minimum Gasteiger partial charge on any atom is -0.468 e. The Morgan fingerprint density at radius 3 is 2.50 bits per heavy atom. The van der Waals surface area contributed by atoms with E-state index in [1.807, 2.05) is 37.3 Å². The average molecular weight is 293 g/mol. The van der Waals surface area contributed by atoms with E-state index in [0.717, 1.165) is 10.5 Å². The number of aliphatic hydroxyl groups is 1. The van der Waals surface area contributed by atoms with E-state index in [1.165, 1.54) is 0 Å². The Bertz CT molecular complexity index is 551. The van der Waals surface area contributed by atoms with Gasteiger partial charge in [0, 0.05) is 28.0 Å². The maximum Gasteiger partial charge on any atom is 0.123 e. The lowest BCUT2D eigenvalue weighted by Gasteiger charge is -2.20. The molecule has 3 atom stereocenters. The Morgan fingerprint density at radius 2 is 2.00 bits per heavy atom. The monoisotopic (exact) mass is 293 g/mol. The number of aliphatic hydroxyl groups excluding tert-OH is 1. The summed E-state index contributed by atoms with van der Waals surface area (Å²) in [5.74, 6) is 0.714. The van der Waals surface area contributed by atoms with Crippen LogP contribution in [0.2, 0.25) is 0 Å². The van der Waals surface area contributed by atoms with E-state index in [4.69, 9.17) is 4.42 Å². The zero-order valence-corrected chi connectivity index (χ0v) is 12.4. The van der Waals surface area contributed by atoms with Gasteiger partial charge in [-0.15, -0.1) is 0 Å². The van der Waals surface area contributed by atoms with Crippen LogP contribution >= 0.6 is 0 Å². The molecule has 108 valence electrons. The molecule has 2 N–H and O–H groups in total. The molecule has 0 spiro atoms. The van der Waals surface area contributed by atoms with Crippen LogP contribution in [0.3, 0.4) is 0 Å². The van der Waals surface area contributed by atoms with Crippen molar-refractivity contribution in [1.82, 2.24) is 5.32 Å². The van der Waals surface area contributed by atoms with E-state index >= 15 is 0 Å². The van der Waals surface area contributed by atoms with E-state index in [-0.39, 0.29) is 18.7 Å². The fourth-order valence-electron chi connectivity index (χ4n) is 2.06. The Morgan fingerprint density at radius 1 is 1.30 bits per heavy atom. The van der Waals surface area contributed by atoms with Crippen LogP contribution in [0.4, 0.5) is 0 Å². The summed E-state index contributed by atoms with van der Waals surface area (Å²) in [6.45, 7) is 1.98. The minimum absolute atomic E-state index is 0.0328. The first-order valence-electron chi connectivity index (χ1n) is 6.45. The highest BCUT2D eigenvalue weighted by Gasteiger charge is 2.16. The van der Waals surface area contributed by atoms with Crippen molar-refractivity contribution in [3.8, 4) is 0 Å². The molecular formula is C15H19NO3S. The fraction of sp³-hybridized carbons (Fsp3) is 0.333. The van der Waals surface area contributed by atoms with Gasteiger partial charge in [-0.05, 0) is 36.8 Å². The van der Waals surface area contributed by atoms with Crippen molar-refractivity contribution in [2.45, 2.75) is 23.9 Å². The van der Waals surface area contributed by atoms with Crippen LogP contribution in [0.5, 0.6) is 0 Å². The van der Waals surface area contributed by atoms with Gasteiger partial charge < -0.3 is 9.52 Å². The van der Waals surface area contributed by atoms with Crippen LogP contribution < -0.4 is 5.32 Å². The molecule has 0 saturated heterocycles. The van der Waals surface area contributed by atoms with Crippen molar-refractivity contribution >= 4 is 10.8 Å². The molecule has 0 saturated carbocycles. The fourth-order valence-corrected chi connectivity index (χ4v) is 2.58. The molecule has 5 heteroatoms. The van der Waals surface area contributed by atoms with Crippen molar-refractivity contribution in [3.63, 3.8) is 0 Å². The van der Waals surface area contributed by atoms with Crippen molar-refractivity contribution in [1.29, 1.82) is 0 Å². The van der Waals surface area contributed by atoms with Gasteiger partial charge in [-0.1, -0.05) is 12.1 Å². The molecule has 0 amide bonds. The highest BCUT2D eigenvalue weighted by molar-refractivity contribution is 7.84. The summed E-state index contributed by atoms with van der Waals surface area (Å²) < 4.78 is 16.7. The van der Waals surface area contributed by atoms with Crippen LogP contribution in [0, 0.1) is 0 Å². The second-order valence-corrected chi connectivity index (χ2v) is 6.04. The molecule has 1 aromatic carbocycles. The Balaban J connectivity index is 2.07. The summed E-state index contributed by atoms with van der Waals surface area (Å²) in [6.07, 6.45) is 3.26. The van der Waals surface area contributed by atoms with E-state index in [0.29, 0.717) is 5.76 Å². The van der Waals surface area contributed by atoms with Crippen molar-refractivity contribution < 1.29 is 13.7 Å². The van der Waals surface area contributed by atoms with Gasteiger partial charge in [-0.3, -0.25) is 9.53 Å². The molecule has 3 unspecified atom stereocenters. The van der Waals surface area contributed by atoms with Gasteiger partial charge in [0.15, 0.2) is 0 Å². The van der Waals surface area contributed by atoms with E-state index in [9.17, 15) is 9.32 Å². The average Bonchev–Trinajstić information content (AvgIpc) is 2.98. The minimum atomic E-state index is -0.962. The first kappa shape index (κ1) is 15.0. The highest BCUT2D eigenvalue weighted by Crippen LogP contribution is 2.20. The van der Waals surface area contributed by atoms with E-state index < -0.39 is 10.8 Å². The number of furan rings is 1. The van der Waals surface area contributed by atoms with Crippen molar-refractivity contribution in [3.05, 3.63) is 54.0 Å². The van der Waals surface area contributed by atoms with Crippen LogP contribution in [-0.4, -0.2) is 22.2 Å². The van der Waals surface area contributed by atoms with Gasteiger partial charge in [-0.2, -0.15) is 0 Å². The molecule has 2 aromatic rings. The van der Waals surface area contributed by atoms with Crippen molar-refractivity contribution in [2.75, 3.05) is 12.9 Å². The van der Waals surface area contributed by atoms with Crippen LogP contribution in [0.1, 0.15) is 30.3 Å². The van der Waals surface area contributed by atoms with Crippen molar-refractivity contribution in [2.24, 2.45) is 0 Å². The molecule has 1 heterocycles. The molecule has 0 fully saturated rings. The topological polar surface area (TPSA) is 62.5 Å². The number of nitrogens with one attached hydrogen (secondary N) is 1. The quantitative estimate of drug-likeness (QED) is 0.858. The molecule has 0 aliphatic heterocycles. The molecule has 1 aromatic heterocycles. The lowest BCUT2D eigenvalue weighted by atomic mass is 10.1. The van der Waals surface area contributed by atoms with E-state index in [1.54, 1.807) is 18.6 Å². The molecule has 4 nitrogen and oxygen atoms in total. The Kier molecular flexibility index (Phi) is 5.11. The maximum absolute atomic E-state index is 11.4. The summed E-state index contributed by atoms with van der Waals surface area (Å²) in [7, 11) is -0.962. The summed E-state index contributed by atoms with van der Waals surface area (Å²) in [5.41, 5.74) is 1.07. The largest absolute Gasteiger partial charge is 0.468 e. The number of rotatable bonds is 6. The third-order valence-corrected chi connectivity index (χ3v) is 4.17. The Labute approximate surface area is 121 Å². The molecular weight excluding hydrogens is 274 g/mol. The van der Waals surface area contributed by atoms with Crippen LogP contribution in [0.15, 0.2) is 52.0 Å². The van der Waals surface area contributed by atoms with Crippen LogP contribution in [-0.2, 0) is 10.8 Å². The zero-order valence-electron chi connectivity index (χ0n) is 11.6. The first-order valence-corrected chi connectivity index (χ1v) is 8.01. The van der Waals surface area contributed by atoms with Gasteiger partial charge in [0.1, 0.15) is 5.76 Å². The predicted molar refractivity (Wildman–Crippen MR) is 78.9 cm³/mol. The van der Waals surface area contributed by atoms with Gasteiger partial charge in [0.25, 0.3) is 0 Å². The Hall–Kier alpha value is -1.43. The number of hydrogen-bond donors (Lipinski definition) is 2. The number of hydrogen-bond acceptors (Lipinski definition) is 4. The standard InChI is InChI=1S/C15H19NO3S/c1-11(12-5-7-13(8-6-12)20(2)18)16-14(10-17)15-4-3-9-19-15/h3-9,11,14,16-17H,10H2,1-2H3. The van der Waals surface area contributed by atoms with Gasteiger partial charge in [0.2, 0.25) is 0 Å². The first-order chi connectivity index (χ1) is 9.61. The third kappa shape index (κ3) is 3.56. The van der Waals surface area contributed by atoms with Crippen LogP contribution in [0.25, 0.3) is 0 Å². The molecule has 0 aliphatic carbocycles.